The van der Waals surface area contributed by atoms with Crippen LogP contribution in [0.25, 0.3) is 0 Å². The van der Waals surface area contributed by atoms with Crippen LogP contribution in [0.5, 0.6) is 5.75 Å². The summed E-state index contributed by atoms with van der Waals surface area (Å²) in [5.74, 6) is 1.44. The second kappa shape index (κ2) is 5.18. The Kier molecular flexibility index (Phi) is 3.82. The van der Waals surface area contributed by atoms with Crippen LogP contribution in [-0.2, 0) is 0 Å². The molecule has 17 heavy (non-hydrogen) atoms. The van der Waals surface area contributed by atoms with E-state index in [1.54, 1.807) is 7.11 Å². The molecule has 0 bridgehead atoms. The Morgan fingerprint density at radius 1 is 1.35 bits per heavy atom. The zero-order valence-corrected chi connectivity index (χ0v) is 11.4. The molecule has 1 aliphatic heterocycles. The topological polar surface area (TPSA) is 12.5 Å². The minimum Gasteiger partial charge on any atom is -0.497 e. The lowest BCUT2D eigenvalue weighted by Gasteiger charge is -2.27. The molecule has 1 fully saturated rings. The third kappa shape index (κ3) is 2.37. The fourth-order valence-corrected chi connectivity index (χ4v) is 3.01. The number of methoxy groups -OCH3 is 1. The fraction of sp³-hybridized carbons (Fsp3) is 0.571. The highest BCUT2D eigenvalue weighted by Crippen LogP contribution is 2.34. The van der Waals surface area contributed by atoms with Gasteiger partial charge in [0.1, 0.15) is 5.75 Å². The number of hydrogen-bond donors (Lipinski definition) is 0. The quantitative estimate of drug-likeness (QED) is 0.764. The number of alkyl halides is 1. The van der Waals surface area contributed by atoms with E-state index in [9.17, 15) is 0 Å². The first-order valence-corrected chi connectivity index (χ1v) is 6.65. The highest BCUT2D eigenvalue weighted by atomic mass is 35.5. The molecule has 0 unspecified atom stereocenters. The molecular weight excluding hydrogens is 234 g/mol. The molecule has 3 heteroatoms. The number of rotatable bonds is 3. The van der Waals surface area contributed by atoms with Gasteiger partial charge in [0.2, 0.25) is 0 Å². The van der Waals surface area contributed by atoms with E-state index in [0.717, 1.165) is 18.7 Å². The molecule has 1 aromatic carbocycles. The normalized spacial score (nSPS) is 28.5. The highest BCUT2D eigenvalue weighted by Gasteiger charge is 2.36. The Morgan fingerprint density at radius 3 is 2.53 bits per heavy atom. The summed E-state index contributed by atoms with van der Waals surface area (Å²) in [4.78, 5) is 2.42. The molecule has 0 aliphatic carbocycles. The summed E-state index contributed by atoms with van der Waals surface area (Å²) in [6.45, 7) is 5.47. The molecule has 0 saturated carbocycles. The van der Waals surface area contributed by atoms with Gasteiger partial charge in [0.25, 0.3) is 0 Å². The van der Waals surface area contributed by atoms with E-state index in [0.29, 0.717) is 12.0 Å². The Morgan fingerprint density at radius 2 is 2.00 bits per heavy atom. The minimum absolute atomic E-state index is 0.252. The second-order valence-corrected chi connectivity index (χ2v) is 5.25. The SMILES string of the molecule is CC[C@@H]1[C@@H](Cl)[C@@H](C)CN1c1ccc(OC)cc1. The molecule has 0 N–H and O–H groups in total. The van der Waals surface area contributed by atoms with Gasteiger partial charge in [-0.05, 0) is 36.6 Å². The number of benzene rings is 1. The molecule has 94 valence electrons. The smallest absolute Gasteiger partial charge is 0.119 e. The molecule has 1 aliphatic rings. The zero-order valence-electron chi connectivity index (χ0n) is 10.7. The summed E-state index contributed by atoms with van der Waals surface area (Å²) in [6.07, 6.45) is 1.09. The van der Waals surface area contributed by atoms with Crippen LogP contribution in [0.4, 0.5) is 5.69 Å². The Hall–Kier alpha value is -0.890. The van der Waals surface area contributed by atoms with Crippen LogP contribution in [0.15, 0.2) is 24.3 Å². The second-order valence-electron chi connectivity index (χ2n) is 4.75. The lowest BCUT2D eigenvalue weighted by Crippen LogP contribution is -2.32. The largest absolute Gasteiger partial charge is 0.497 e. The zero-order chi connectivity index (χ0) is 12.4. The van der Waals surface area contributed by atoms with Crippen LogP contribution in [0.2, 0.25) is 0 Å². The van der Waals surface area contributed by atoms with Crippen molar-refractivity contribution in [2.24, 2.45) is 5.92 Å². The van der Waals surface area contributed by atoms with Crippen molar-refractivity contribution >= 4 is 17.3 Å². The first-order valence-electron chi connectivity index (χ1n) is 6.22. The molecule has 0 spiro atoms. The predicted octanol–water partition coefficient (Wildman–Crippen LogP) is 3.54. The molecule has 1 saturated heterocycles. The Bertz CT molecular complexity index is 365. The van der Waals surface area contributed by atoms with Crippen molar-refractivity contribution < 1.29 is 4.74 Å². The maximum atomic E-state index is 6.47. The van der Waals surface area contributed by atoms with Crippen molar-refractivity contribution in [2.45, 2.75) is 31.7 Å². The molecular formula is C14H20ClNO. The minimum atomic E-state index is 0.252. The van der Waals surface area contributed by atoms with Crippen LogP contribution >= 0.6 is 11.6 Å². The summed E-state index contributed by atoms with van der Waals surface area (Å²) < 4.78 is 5.18. The molecule has 3 atom stereocenters. The average molecular weight is 254 g/mol. The third-order valence-electron chi connectivity index (χ3n) is 3.62. The summed E-state index contributed by atoms with van der Waals surface area (Å²) in [5.41, 5.74) is 1.24. The van der Waals surface area contributed by atoms with E-state index in [4.69, 9.17) is 16.3 Å². The van der Waals surface area contributed by atoms with Gasteiger partial charge >= 0.3 is 0 Å². The molecule has 1 heterocycles. The molecule has 1 aromatic rings. The lowest BCUT2D eigenvalue weighted by atomic mass is 10.1. The van der Waals surface area contributed by atoms with Crippen molar-refractivity contribution in [3.05, 3.63) is 24.3 Å². The standard InChI is InChI=1S/C14H20ClNO/c1-4-13-14(15)10(2)9-16(13)11-5-7-12(17-3)8-6-11/h5-8,10,13-14H,4,9H2,1-3H3/t10-,13+,14-/m0/s1. The first kappa shape index (κ1) is 12.6. The summed E-state index contributed by atoms with van der Waals surface area (Å²) in [5, 5.41) is 0.252. The predicted molar refractivity (Wildman–Crippen MR) is 73.2 cm³/mol. The summed E-state index contributed by atoms with van der Waals surface area (Å²) in [7, 11) is 1.69. The van der Waals surface area contributed by atoms with E-state index in [-0.39, 0.29) is 5.38 Å². The average Bonchev–Trinajstić information content (AvgIpc) is 2.65. The summed E-state index contributed by atoms with van der Waals surface area (Å²) in [6, 6.07) is 8.69. The van der Waals surface area contributed by atoms with Gasteiger partial charge in [-0.25, -0.2) is 0 Å². The van der Waals surface area contributed by atoms with E-state index >= 15 is 0 Å². The lowest BCUT2D eigenvalue weighted by molar-refractivity contribution is 0.415. The van der Waals surface area contributed by atoms with Crippen molar-refractivity contribution in [1.82, 2.24) is 0 Å². The van der Waals surface area contributed by atoms with Gasteiger partial charge < -0.3 is 9.64 Å². The van der Waals surface area contributed by atoms with Crippen LogP contribution in [0.3, 0.4) is 0 Å². The monoisotopic (exact) mass is 253 g/mol. The van der Waals surface area contributed by atoms with Gasteiger partial charge in [0, 0.05) is 18.3 Å². The number of nitrogens with zero attached hydrogens (tertiary/aromatic N) is 1. The van der Waals surface area contributed by atoms with Gasteiger partial charge in [-0.1, -0.05) is 13.8 Å². The van der Waals surface area contributed by atoms with Crippen molar-refractivity contribution in [3.8, 4) is 5.75 Å². The molecule has 2 nitrogen and oxygen atoms in total. The van der Waals surface area contributed by atoms with E-state index in [1.165, 1.54) is 5.69 Å². The first-order chi connectivity index (χ1) is 8.17. The van der Waals surface area contributed by atoms with Crippen LogP contribution < -0.4 is 9.64 Å². The highest BCUT2D eigenvalue weighted by molar-refractivity contribution is 6.21. The Labute approximate surface area is 109 Å². The van der Waals surface area contributed by atoms with Gasteiger partial charge in [-0.2, -0.15) is 0 Å². The Balaban J connectivity index is 2.20. The molecule has 0 aromatic heterocycles. The number of anilines is 1. The van der Waals surface area contributed by atoms with Gasteiger partial charge in [0.05, 0.1) is 12.5 Å². The third-order valence-corrected chi connectivity index (χ3v) is 4.34. The maximum absolute atomic E-state index is 6.47. The van der Waals surface area contributed by atoms with Gasteiger partial charge in [-0.3, -0.25) is 0 Å². The van der Waals surface area contributed by atoms with Gasteiger partial charge in [0.15, 0.2) is 0 Å². The van der Waals surface area contributed by atoms with Crippen LogP contribution in [-0.4, -0.2) is 25.1 Å². The molecule has 2 rings (SSSR count). The molecule has 0 amide bonds. The van der Waals surface area contributed by atoms with Crippen molar-refractivity contribution in [3.63, 3.8) is 0 Å². The fourth-order valence-electron chi connectivity index (χ4n) is 2.61. The number of ether oxygens (including phenoxy) is 1. The summed E-state index contributed by atoms with van der Waals surface area (Å²) >= 11 is 6.47. The van der Waals surface area contributed by atoms with Crippen LogP contribution in [0, 0.1) is 5.92 Å². The van der Waals surface area contributed by atoms with E-state index < -0.39 is 0 Å². The molecule has 0 radical (unpaired) electrons. The number of hydrogen-bond acceptors (Lipinski definition) is 2. The van der Waals surface area contributed by atoms with E-state index in [1.807, 2.05) is 12.1 Å². The number of halogens is 1. The van der Waals surface area contributed by atoms with Crippen LogP contribution in [0.1, 0.15) is 20.3 Å². The van der Waals surface area contributed by atoms with Gasteiger partial charge in [-0.15, -0.1) is 11.6 Å². The van der Waals surface area contributed by atoms with E-state index in [2.05, 4.69) is 30.9 Å². The van der Waals surface area contributed by atoms with Crippen molar-refractivity contribution in [1.29, 1.82) is 0 Å². The maximum Gasteiger partial charge on any atom is 0.119 e. The van der Waals surface area contributed by atoms with Crippen molar-refractivity contribution in [2.75, 3.05) is 18.6 Å².